The van der Waals surface area contributed by atoms with E-state index in [4.69, 9.17) is 13.6 Å². The van der Waals surface area contributed by atoms with Crippen molar-refractivity contribution in [2.75, 3.05) is 19.8 Å². The van der Waals surface area contributed by atoms with E-state index < -0.39 is 7.82 Å². The van der Waals surface area contributed by atoms with Gasteiger partial charge in [0.15, 0.2) is 0 Å². The lowest BCUT2D eigenvalue weighted by Gasteiger charge is -2.19. The third-order valence-electron chi connectivity index (χ3n) is 3.31. The topological polar surface area (TPSA) is 44.8 Å². The number of hydrogen-bond donors (Lipinski definition) is 0. The summed E-state index contributed by atoms with van der Waals surface area (Å²) in [6.07, 6.45) is 7.45. The zero-order chi connectivity index (χ0) is 22.6. The van der Waals surface area contributed by atoms with E-state index in [-0.39, 0.29) is 6.43 Å². The van der Waals surface area contributed by atoms with E-state index in [2.05, 4.69) is 143 Å². The third-order valence-corrected chi connectivity index (χ3v) is 8.38. The fourth-order valence-electron chi connectivity index (χ4n) is 1.92. The van der Waals surface area contributed by atoms with Crippen LogP contribution in [0.15, 0.2) is 0 Å². The summed E-state index contributed by atoms with van der Waals surface area (Å²) in [5.74, 6) is 0. The van der Waals surface area contributed by atoms with Crippen molar-refractivity contribution >= 4 is 151 Å². The second kappa shape index (κ2) is 17.0. The number of alkyl halides is 9. The lowest BCUT2D eigenvalue weighted by atomic mass is 10.3. The summed E-state index contributed by atoms with van der Waals surface area (Å²) < 4.78 is 28.8. The fourth-order valence-corrected chi connectivity index (χ4v) is 5.73. The van der Waals surface area contributed by atoms with Crippen molar-refractivity contribution < 1.29 is 18.1 Å². The molecule has 0 aromatic heterocycles. The van der Waals surface area contributed by atoms with Gasteiger partial charge in [0.1, 0.15) is 6.43 Å². The van der Waals surface area contributed by atoms with Gasteiger partial charge < -0.3 is 0 Å². The first-order valence-electron chi connectivity index (χ1n) is 8.86. The van der Waals surface area contributed by atoms with Crippen molar-refractivity contribution in [3.63, 3.8) is 0 Å². The molecule has 0 aromatic carbocycles. The number of halogens is 9. The minimum Gasteiger partial charge on any atom is -0.287 e. The van der Waals surface area contributed by atoms with Gasteiger partial charge in [0, 0.05) is 0 Å². The molecule has 0 bridgehead atoms. The molecule has 0 unspecified atom stereocenters. The summed E-state index contributed by atoms with van der Waals surface area (Å²) in [6, 6.07) is 0. The highest BCUT2D eigenvalue weighted by Gasteiger charge is 2.27. The highest BCUT2D eigenvalue weighted by Crippen LogP contribution is 2.50. The minimum atomic E-state index is -3.57. The minimum absolute atomic E-state index is 0.269. The lowest BCUT2D eigenvalue weighted by Crippen LogP contribution is -2.07. The summed E-state index contributed by atoms with van der Waals surface area (Å²) in [4.78, 5) is 0. The van der Waals surface area contributed by atoms with Crippen molar-refractivity contribution in [1.82, 2.24) is 0 Å². The molecule has 0 aliphatic carbocycles. The average molecular weight is 1020 g/mol. The quantitative estimate of drug-likeness (QED) is 0.0932. The van der Waals surface area contributed by atoms with Crippen molar-refractivity contribution in [3.05, 3.63) is 0 Å². The second-order valence-electron chi connectivity index (χ2n) is 6.16. The lowest BCUT2D eigenvalue weighted by molar-refractivity contribution is 0.109. The van der Waals surface area contributed by atoms with E-state index in [1.807, 2.05) is 0 Å². The van der Waals surface area contributed by atoms with Crippen LogP contribution in [0.4, 0.5) is 0 Å². The Balaban J connectivity index is 4.35. The van der Waals surface area contributed by atoms with E-state index in [0.717, 1.165) is 57.8 Å². The van der Waals surface area contributed by atoms with Crippen LogP contribution in [-0.2, 0) is 18.1 Å². The van der Waals surface area contributed by atoms with E-state index in [9.17, 15) is 4.57 Å². The monoisotopic (exact) mass is 1010 g/mol. The van der Waals surface area contributed by atoms with Crippen LogP contribution < -0.4 is 0 Å². The van der Waals surface area contributed by atoms with E-state index >= 15 is 0 Å². The Morgan fingerprint density at radius 2 is 0.724 bits per heavy atom. The summed E-state index contributed by atoms with van der Waals surface area (Å²) in [7, 11) is -3.57. The third kappa shape index (κ3) is 25.3. The van der Waals surface area contributed by atoms with Crippen molar-refractivity contribution in [3.8, 4) is 0 Å². The molecule has 0 aromatic rings. The molecule has 0 N–H and O–H groups in total. The second-order valence-corrected chi connectivity index (χ2v) is 29.6. The molecule has 0 heterocycles. The van der Waals surface area contributed by atoms with Crippen molar-refractivity contribution in [1.29, 1.82) is 0 Å². The highest BCUT2D eigenvalue weighted by atomic mass is 80.0. The zero-order valence-electron chi connectivity index (χ0n) is 15.5. The van der Waals surface area contributed by atoms with Gasteiger partial charge in [-0.2, -0.15) is 0 Å². The van der Waals surface area contributed by atoms with Crippen LogP contribution in [0.1, 0.15) is 57.8 Å². The van der Waals surface area contributed by atoms with Gasteiger partial charge in [-0.15, -0.1) is 0 Å². The average Bonchev–Trinajstić information content (AvgIpc) is 2.50. The van der Waals surface area contributed by atoms with E-state index in [0.29, 0.717) is 19.8 Å². The zero-order valence-corrected chi connectivity index (χ0v) is 30.6. The molecule has 0 spiro atoms. The smallest absolute Gasteiger partial charge is 0.287 e. The standard InChI is InChI=1S/C15H24Br9O4P/c16-13(17,18)7-1-4-10-26-29(25,27-11-5-2-8-14(19,20)21)28-12-6-3-9-15(22,23)24/h1-12H2. The molecule has 0 saturated heterocycles. The molecule has 0 aliphatic rings. The maximum absolute atomic E-state index is 12.9. The van der Waals surface area contributed by atoms with Gasteiger partial charge in [0.25, 0.3) is 0 Å². The largest absolute Gasteiger partial charge is 0.474 e. The number of rotatable bonds is 15. The molecule has 29 heavy (non-hydrogen) atoms. The summed E-state index contributed by atoms with van der Waals surface area (Å²) in [5, 5.41) is 0. The summed E-state index contributed by atoms with van der Waals surface area (Å²) in [6.45, 7) is 0.961. The molecule has 0 saturated carbocycles. The predicted molar refractivity (Wildman–Crippen MR) is 156 cm³/mol. The molecule has 0 rings (SSSR count). The first-order chi connectivity index (χ1) is 13.1. The number of phosphoric acid groups is 1. The molecule has 0 amide bonds. The molecule has 0 fully saturated rings. The molecular formula is C15H24Br9O4P. The Labute approximate surface area is 250 Å². The van der Waals surface area contributed by atoms with Gasteiger partial charge in [0.2, 0.25) is 0 Å². The van der Waals surface area contributed by atoms with Crippen molar-refractivity contribution in [2.45, 2.75) is 64.2 Å². The summed E-state index contributed by atoms with van der Waals surface area (Å²) in [5.41, 5.74) is 0. The van der Waals surface area contributed by atoms with Gasteiger partial charge in [-0.1, -0.05) is 143 Å². The first kappa shape index (κ1) is 33.4. The maximum atomic E-state index is 12.9. The molecule has 14 heteroatoms. The van der Waals surface area contributed by atoms with E-state index in [1.54, 1.807) is 0 Å². The fraction of sp³-hybridized carbons (Fsp3) is 1.00. The molecule has 0 radical (unpaired) electrons. The van der Waals surface area contributed by atoms with Crippen LogP contribution in [0.2, 0.25) is 0 Å². The molecule has 0 aliphatic heterocycles. The Bertz CT molecular complexity index is 411. The molecule has 4 nitrogen and oxygen atoms in total. The number of phosphoric ester groups is 1. The number of unbranched alkanes of at least 4 members (excludes halogenated alkanes) is 3. The van der Waals surface area contributed by atoms with Gasteiger partial charge >= 0.3 is 7.82 Å². The first-order valence-corrected chi connectivity index (χ1v) is 17.5. The van der Waals surface area contributed by atoms with Gasteiger partial charge in [0.05, 0.1) is 19.8 Å². The van der Waals surface area contributed by atoms with E-state index in [1.165, 1.54) is 0 Å². The van der Waals surface area contributed by atoms with Gasteiger partial charge in [-0.25, -0.2) is 4.57 Å². The maximum Gasteiger partial charge on any atom is 0.474 e. The Kier molecular flexibility index (Phi) is 19.6. The van der Waals surface area contributed by atoms with Crippen LogP contribution in [0, 0.1) is 0 Å². The molecule has 176 valence electrons. The van der Waals surface area contributed by atoms with Crippen LogP contribution in [-0.4, -0.2) is 26.2 Å². The van der Waals surface area contributed by atoms with Crippen molar-refractivity contribution in [2.24, 2.45) is 0 Å². The van der Waals surface area contributed by atoms with Crippen LogP contribution in [0.25, 0.3) is 0 Å². The SMILES string of the molecule is O=P(OCCCCC(Br)(Br)Br)(OCCCCC(Br)(Br)Br)OCCCCC(Br)(Br)Br. The molecule has 0 atom stereocenters. The normalized spacial score (nSPS) is 13.8. The van der Waals surface area contributed by atoms with Crippen LogP contribution >= 0.6 is 151 Å². The Morgan fingerprint density at radius 1 is 0.483 bits per heavy atom. The van der Waals surface area contributed by atoms with Crippen LogP contribution in [0.5, 0.6) is 0 Å². The van der Waals surface area contributed by atoms with Gasteiger partial charge in [-0.05, 0) is 57.8 Å². The Morgan fingerprint density at radius 3 is 0.931 bits per heavy atom. The van der Waals surface area contributed by atoms with Gasteiger partial charge in [-0.3, -0.25) is 13.6 Å². The van der Waals surface area contributed by atoms with Crippen LogP contribution in [0.3, 0.4) is 0 Å². The predicted octanol–water partition coefficient (Wildman–Crippen LogP) is 11.2. The number of hydrogen-bond acceptors (Lipinski definition) is 4. The molecular weight excluding hydrogens is 994 g/mol. The highest BCUT2D eigenvalue weighted by molar-refractivity contribution is 9.40. The summed E-state index contributed by atoms with van der Waals surface area (Å²) >= 11 is 31.2. The Hall–Kier alpha value is 4.43.